The van der Waals surface area contributed by atoms with Crippen molar-refractivity contribution in [3.63, 3.8) is 0 Å². The Morgan fingerprint density at radius 1 is 1.57 bits per heavy atom. The minimum absolute atomic E-state index is 0.284. The van der Waals surface area contributed by atoms with Gasteiger partial charge in [-0.1, -0.05) is 6.07 Å². The fourth-order valence-corrected chi connectivity index (χ4v) is 0.959. The van der Waals surface area contributed by atoms with Crippen LogP contribution >= 0.6 is 0 Å². The third-order valence-corrected chi connectivity index (χ3v) is 1.56. The van der Waals surface area contributed by atoms with Gasteiger partial charge in [-0.3, -0.25) is 5.32 Å². The first-order valence-corrected chi connectivity index (χ1v) is 4.41. The fourth-order valence-electron chi connectivity index (χ4n) is 0.959. The number of aryl methyl sites for hydroxylation is 1. The molecular formula is C9H14N4O. The van der Waals surface area contributed by atoms with Crippen molar-refractivity contribution in [1.29, 1.82) is 0 Å². The van der Waals surface area contributed by atoms with Crippen molar-refractivity contribution in [3.05, 3.63) is 23.9 Å². The first-order valence-electron chi connectivity index (χ1n) is 4.41. The Labute approximate surface area is 82.7 Å². The maximum Gasteiger partial charge on any atom is 0.320 e. The summed E-state index contributed by atoms with van der Waals surface area (Å²) in [5.41, 5.74) is 6.10. The van der Waals surface area contributed by atoms with Crippen LogP contribution in [-0.2, 0) is 0 Å². The minimum Gasteiger partial charge on any atom is -0.337 e. The maximum atomic E-state index is 11.2. The monoisotopic (exact) mass is 194 g/mol. The molecule has 0 saturated carbocycles. The van der Waals surface area contributed by atoms with Gasteiger partial charge in [0.25, 0.3) is 0 Å². The summed E-state index contributed by atoms with van der Waals surface area (Å²) in [6, 6.07) is 5.15. The Morgan fingerprint density at radius 2 is 2.36 bits per heavy atom. The number of hydrogen-bond acceptors (Lipinski definition) is 3. The predicted molar refractivity (Wildman–Crippen MR) is 55.0 cm³/mol. The summed E-state index contributed by atoms with van der Waals surface area (Å²) in [7, 11) is 0. The Morgan fingerprint density at radius 3 is 3.00 bits per heavy atom. The Kier molecular flexibility index (Phi) is 3.87. The molecule has 5 nitrogen and oxygen atoms in total. The fraction of sp³-hybridized carbons (Fsp3) is 0.333. The van der Waals surface area contributed by atoms with Crippen LogP contribution < -0.4 is 16.4 Å². The van der Waals surface area contributed by atoms with Crippen LogP contribution in [0.5, 0.6) is 0 Å². The van der Waals surface area contributed by atoms with E-state index in [0.717, 1.165) is 5.69 Å². The highest BCUT2D eigenvalue weighted by molar-refractivity contribution is 5.88. The van der Waals surface area contributed by atoms with Crippen LogP contribution in [0.25, 0.3) is 0 Å². The summed E-state index contributed by atoms with van der Waals surface area (Å²) in [6.07, 6.45) is 0. The Hall–Kier alpha value is -1.62. The van der Waals surface area contributed by atoms with Crippen LogP contribution in [0.2, 0.25) is 0 Å². The van der Waals surface area contributed by atoms with Crippen LogP contribution in [0.3, 0.4) is 0 Å². The van der Waals surface area contributed by atoms with E-state index in [-0.39, 0.29) is 6.03 Å². The Balaban J connectivity index is 2.47. The zero-order valence-corrected chi connectivity index (χ0v) is 8.08. The van der Waals surface area contributed by atoms with Gasteiger partial charge < -0.3 is 11.1 Å². The highest BCUT2D eigenvalue weighted by atomic mass is 16.2. The van der Waals surface area contributed by atoms with E-state index in [1.807, 2.05) is 19.1 Å². The lowest BCUT2D eigenvalue weighted by atomic mass is 10.4. The van der Waals surface area contributed by atoms with Crippen molar-refractivity contribution < 1.29 is 4.79 Å². The van der Waals surface area contributed by atoms with Gasteiger partial charge in [0.1, 0.15) is 5.82 Å². The van der Waals surface area contributed by atoms with Crippen molar-refractivity contribution in [2.24, 2.45) is 5.73 Å². The normalized spacial score (nSPS) is 9.57. The summed E-state index contributed by atoms with van der Waals surface area (Å²) in [4.78, 5) is 15.3. The van der Waals surface area contributed by atoms with Gasteiger partial charge in [0, 0.05) is 18.8 Å². The van der Waals surface area contributed by atoms with E-state index in [1.54, 1.807) is 6.07 Å². The van der Waals surface area contributed by atoms with Gasteiger partial charge in [0.2, 0.25) is 0 Å². The van der Waals surface area contributed by atoms with E-state index in [4.69, 9.17) is 5.73 Å². The number of anilines is 1. The lowest BCUT2D eigenvalue weighted by molar-refractivity contribution is 0.252. The molecule has 1 heterocycles. The minimum atomic E-state index is -0.284. The second kappa shape index (κ2) is 5.18. The standard InChI is InChI=1S/C9H14N4O/c1-7-3-2-4-8(12-7)13-9(14)11-6-5-10/h2-4H,5-6,10H2,1H3,(H2,11,12,13,14). The van der Waals surface area contributed by atoms with Crippen LogP contribution in [0.4, 0.5) is 10.6 Å². The molecule has 76 valence electrons. The highest BCUT2D eigenvalue weighted by Gasteiger charge is 2.00. The summed E-state index contributed by atoms with van der Waals surface area (Å²) < 4.78 is 0. The SMILES string of the molecule is Cc1cccc(NC(=O)NCCN)n1. The molecule has 0 aliphatic rings. The van der Waals surface area contributed by atoms with E-state index in [2.05, 4.69) is 15.6 Å². The molecule has 1 aromatic heterocycles. The number of rotatable bonds is 3. The second-order valence-corrected chi connectivity index (χ2v) is 2.83. The molecule has 4 N–H and O–H groups in total. The number of amides is 2. The molecular weight excluding hydrogens is 180 g/mol. The average Bonchev–Trinajstić information content (AvgIpc) is 2.15. The number of nitrogens with zero attached hydrogens (tertiary/aromatic N) is 1. The number of aromatic nitrogens is 1. The first kappa shape index (κ1) is 10.5. The molecule has 0 aliphatic carbocycles. The molecule has 0 atom stereocenters. The van der Waals surface area contributed by atoms with Gasteiger partial charge in [-0.15, -0.1) is 0 Å². The molecule has 2 amide bonds. The van der Waals surface area contributed by atoms with Gasteiger partial charge in [0.05, 0.1) is 0 Å². The van der Waals surface area contributed by atoms with E-state index >= 15 is 0 Å². The van der Waals surface area contributed by atoms with E-state index in [0.29, 0.717) is 18.9 Å². The maximum absolute atomic E-state index is 11.2. The summed E-state index contributed by atoms with van der Waals surface area (Å²) in [5, 5.41) is 5.19. The van der Waals surface area contributed by atoms with E-state index < -0.39 is 0 Å². The zero-order valence-electron chi connectivity index (χ0n) is 8.08. The third-order valence-electron chi connectivity index (χ3n) is 1.56. The summed E-state index contributed by atoms with van der Waals surface area (Å²) in [6.45, 7) is 2.75. The summed E-state index contributed by atoms with van der Waals surface area (Å²) in [5.74, 6) is 0.541. The lowest BCUT2D eigenvalue weighted by Gasteiger charge is -2.05. The molecule has 0 fully saturated rings. The smallest absolute Gasteiger partial charge is 0.320 e. The number of urea groups is 1. The van der Waals surface area contributed by atoms with Crippen molar-refractivity contribution in [2.75, 3.05) is 18.4 Å². The van der Waals surface area contributed by atoms with Gasteiger partial charge in [-0.25, -0.2) is 9.78 Å². The van der Waals surface area contributed by atoms with Crippen LogP contribution in [-0.4, -0.2) is 24.1 Å². The molecule has 0 saturated heterocycles. The first-order chi connectivity index (χ1) is 6.72. The lowest BCUT2D eigenvalue weighted by Crippen LogP contribution is -2.33. The van der Waals surface area contributed by atoms with Crippen molar-refractivity contribution in [2.45, 2.75) is 6.92 Å². The van der Waals surface area contributed by atoms with Crippen LogP contribution in [0.1, 0.15) is 5.69 Å². The third kappa shape index (κ3) is 3.40. The van der Waals surface area contributed by atoms with Gasteiger partial charge in [-0.2, -0.15) is 0 Å². The number of hydrogen-bond donors (Lipinski definition) is 3. The topological polar surface area (TPSA) is 80.0 Å². The second-order valence-electron chi connectivity index (χ2n) is 2.83. The molecule has 0 unspecified atom stereocenters. The van der Waals surface area contributed by atoms with Crippen LogP contribution in [0.15, 0.2) is 18.2 Å². The molecule has 1 rings (SSSR count). The molecule has 0 aliphatic heterocycles. The summed E-state index contributed by atoms with van der Waals surface area (Å²) >= 11 is 0. The Bertz CT molecular complexity index is 313. The zero-order chi connectivity index (χ0) is 10.4. The molecule has 0 bridgehead atoms. The molecule has 1 aromatic rings. The highest BCUT2D eigenvalue weighted by Crippen LogP contribution is 2.02. The van der Waals surface area contributed by atoms with Gasteiger partial charge >= 0.3 is 6.03 Å². The number of nitrogens with one attached hydrogen (secondary N) is 2. The number of pyridine rings is 1. The molecule has 0 radical (unpaired) electrons. The molecule has 0 aromatic carbocycles. The van der Waals surface area contributed by atoms with Gasteiger partial charge in [-0.05, 0) is 19.1 Å². The van der Waals surface area contributed by atoms with Crippen molar-refractivity contribution in [1.82, 2.24) is 10.3 Å². The largest absolute Gasteiger partial charge is 0.337 e. The quantitative estimate of drug-likeness (QED) is 0.654. The predicted octanol–water partition coefficient (Wildman–Crippen LogP) is 0.470. The molecule has 0 spiro atoms. The van der Waals surface area contributed by atoms with Gasteiger partial charge in [0.15, 0.2) is 0 Å². The van der Waals surface area contributed by atoms with E-state index in [1.165, 1.54) is 0 Å². The average molecular weight is 194 g/mol. The number of nitrogens with two attached hydrogens (primary N) is 1. The van der Waals surface area contributed by atoms with E-state index in [9.17, 15) is 4.79 Å². The number of carbonyl (C=O) groups is 1. The van der Waals surface area contributed by atoms with Crippen LogP contribution in [0, 0.1) is 6.92 Å². The number of carbonyl (C=O) groups excluding carboxylic acids is 1. The molecule has 14 heavy (non-hydrogen) atoms. The molecule has 5 heteroatoms. The van der Waals surface area contributed by atoms with Crippen molar-refractivity contribution >= 4 is 11.8 Å². The van der Waals surface area contributed by atoms with Crippen molar-refractivity contribution in [3.8, 4) is 0 Å².